The SMILES string of the molecule is CCC(N)CCc1csc2ccccc12. The highest BCUT2D eigenvalue weighted by Gasteiger charge is 2.05. The van der Waals surface area contributed by atoms with E-state index in [1.165, 1.54) is 15.6 Å². The summed E-state index contributed by atoms with van der Waals surface area (Å²) in [6, 6.07) is 8.95. The van der Waals surface area contributed by atoms with Gasteiger partial charge in [-0.3, -0.25) is 0 Å². The topological polar surface area (TPSA) is 26.0 Å². The van der Waals surface area contributed by atoms with Crippen LogP contribution in [0.5, 0.6) is 0 Å². The van der Waals surface area contributed by atoms with Crippen LogP contribution in [0.3, 0.4) is 0 Å². The number of rotatable bonds is 4. The second kappa shape index (κ2) is 4.77. The van der Waals surface area contributed by atoms with Crippen LogP contribution in [0.1, 0.15) is 25.3 Å². The zero-order chi connectivity index (χ0) is 10.7. The Balaban J connectivity index is 2.14. The van der Waals surface area contributed by atoms with Crippen LogP contribution in [0.2, 0.25) is 0 Å². The van der Waals surface area contributed by atoms with E-state index in [4.69, 9.17) is 5.73 Å². The van der Waals surface area contributed by atoms with Gasteiger partial charge in [0.15, 0.2) is 0 Å². The van der Waals surface area contributed by atoms with Gasteiger partial charge in [0.05, 0.1) is 0 Å². The summed E-state index contributed by atoms with van der Waals surface area (Å²) < 4.78 is 1.39. The van der Waals surface area contributed by atoms with Crippen LogP contribution < -0.4 is 5.73 Å². The molecule has 0 amide bonds. The van der Waals surface area contributed by atoms with Crippen molar-refractivity contribution in [1.82, 2.24) is 0 Å². The summed E-state index contributed by atoms with van der Waals surface area (Å²) >= 11 is 1.83. The lowest BCUT2D eigenvalue weighted by Crippen LogP contribution is -2.18. The molecule has 0 aliphatic carbocycles. The van der Waals surface area contributed by atoms with E-state index >= 15 is 0 Å². The number of thiophene rings is 1. The van der Waals surface area contributed by atoms with Gasteiger partial charge in [-0.15, -0.1) is 11.3 Å². The van der Waals surface area contributed by atoms with Crippen molar-refractivity contribution >= 4 is 21.4 Å². The van der Waals surface area contributed by atoms with E-state index in [1.807, 2.05) is 11.3 Å². The van der Waals surface area contributed by atoms with Gasteiger partial charge in [-0.2, -0.15) is 0 Å². The van der Waals surface area contributed by atoms with Gasteiger partial charge in [0.2, 0.25) is 0 Å². The summed E-state index contributed by atoms with van der Waals surface area (Å²) in [5.74, 6) is 0. The molecular formula is C13H17NS. The van der Waals surface area contributed by atoms with Crippen LogP contribution in [0.25, 0.3) is 10.1 Å². The second-order valence-corrected chi connectivity index (χ2v) is 4.88. The first kappa shape index (κ1) is 10.7. The number of aryl methyl sites for hydroxylation is 1. The highest BCUT2D eigenvalue weighted by atomic mass is 32.1. The first-order valence-corrected chi connectivity index (χ1v) is 6.40. The number of hydrogen-bond donors (Lipinski definition) is 1. The predicted octanol–water partition coefficient (Wildman–Crippen LogP) is 3.57. The Bertz CT molecular complexity index is 433. The Morgan fingerprint density at radius 2 is 2.13 bits per heavy atom. The Labute approximate surface area is 94.9 Å². The van der Waals surface area contributed by atoms with Crippen LogP contribution in [0.15, 0.2) is 29.6 Å². The van der Waals surface area contributed by atoms with Gasteiger partial charge in [0.1, 0.15) is 0 Å². The molecule has 2 heteroatoms. The third-order valence-corrected chi connectivity index (χ3v) is 3.88. The maximum Gasteiger partial charge on any atom is 0.0345 e. The first-order valence-electron chi connectivity index (χ1n) is 5.52. The monoisotopic (exact) mass is 219 g/mol. The minimum absolute atomic E-state index is 0.351. The van der Waals surface area contributed by atoms with Crippen molar-refractivity contribution in [3.63, 3.8) is 0 Å². The predicted molar refractivity (Wildman–Crippen MR) is 68.4 cm³/mol. The van der Waals surface area contributed by atoms with Gasteiger partial charge in [-0.1, -0.05) is 25.1 Å². The minimum Gasteiger partial charge on any atom is -0.328 e. The molecule has 2 N–H and O–H groups in total. The molecule has 15 heavy (non-hydrogen) atoms. The Morgan fingerprint density at radius 3 is 2.93 bits per heavy atom. The van der Waals surface area contributed by atoms with Crippen LogP contribution in [0.4, 0.5) is 0 Å². The molecule has 1 aromatic heterocycles. The van der Waals surface area contributed by atoms with Crippen molar-refractivity contribution in [3.05, 3.63) is 35.2 Å². The summed E-state index contributed by atoms with van der Waals surface area (Å²) in [7, 11) is 0. The average molecular weight is 219 g/mol. The number of fused-ring (bicyclic) bond motifs is 1. The van der Waals surface area contributed by atoms with Gasteiger partial charge in [-0.05, 0) is 41.7 Å². The van der Waals surface area contributed by atoms with E-state index < -0.39 is 0 Å². The fourth-order valence-corrected chi connectivity index (χ4v) is 2.77. The fraction of sp³-hybridized carbons (Fsp3) is 0.385. The van der Waals surface area contributed by atoms with E-state index in [-0.39, 0.29) is 0 Å². The second-order valence-electron chi connectivity index (χ2n) is 3.96. The third-order valence-electron chi connectivity index (χ3n) is 2.87. The molecule has 1 nitrogen and oxygen atoms in total. The van der Waals surface area contributed by atoms with Crippen molar-refractivity contribution < 1.29 is 0 Å². The molecule has 0 saturated heterocycles. The van der Waals surface area contributed by atoms with E-state index in [9.17, 15) is 0 Å². The van der Waals surface area contributed by atoms with Crippen molar-refractivity contribution in [1.29, 1.82) is 0 Å². The quantitative estimate of drug-likeness (QED) is 0.836. The molecule has 1 unspecified atom stereocenters. The number of hydrogen-bond acceptors (Lipinski definition) is 2. The Morgan fingerprint density at radius 1 is 1.33 bits per heavy atom. The maximum atomic E-state index is 5.94. The van der Waals surface area contributed by atoms with Crippen molar-refractivity contribution in [2.24, 2.45) is 5.73 Å². The van der Waals surface area contributed by atoms with Crippen LogP contribution in [-0.4, -0.2) is 6.04 Å². The molecule has 0 radical (unpaired) electrons. The molecule has 1 heterocycles. The molecule has 0 fully saturated rings. The standard InChI is InChI=1S/C13H17NS/c1-2-11(14)8-7-10-9-15-13-6-4-3-5-12(10)13/h3-6,9,11H,2,7-8,14H2,1H3. The van der Waals surface area contributed by atoms with E-state index in [0.717, 1.165) is 19.3 Å². The molecule has 0 aliphatic heterocycles. The summed E-state index contributed by atoms with van der Waals surface area (Å²) in [5, 5.41) is 3.68. The van der Waals surface area contributed by atoms with E-state index in [2.05, 4.69) is 36.6 Å². The van der Waals surface area contributed by atoms with E-state index in [0.29, 0.717) is 6.04 Å². The summed E-state index contributed by atoms with van der Waals surface area (Å²) in [6.07, 6.45) is 3.28. The lowest BCUT2D eigenvalue weighted by atomic mass is 10.0. The molecule has 0 saturated carbocycles. The molecule has 0 bridgehead atoms. The molecule has 1 aromatic carbocycles. The van der Waals surface area contributed by atoms with Crippen LogP contribution in [0, 0.1) is 0 Å². The largest absolute Gasteiger partial charge is 0.328 e. The smallest absolute Gasteiger partial charge is 0.0345 e. The molecule has 0 aliphatic rings. The van der Waals surface area contributed by atoms with Gasteiger partial charge in [0.25, 0.3) is 0 Å². The van der Waals surface area contributed by atoms with Gasteiger partial charge in [-0.25, -0.2) is 0 Å². The average Bonchev–Trinajstić information content (AvgIpc) is 2.69. The molecule has 2 aromatic rings. The highest BCUT2D eigenvalue weighted by Crippen LogP contribution is 2.26. The first-order chi connectivity index (χ1) is 7.31. The summed E-state index contributed by atoms with van der Waals surface area (Å²) in [4.78, 5) is 0. The molecule has 2 rings (SSSR count). The third kappa shape index (κ3) is 2.39. The fourth-order valence-electron chi connectivity index (χ4n) is 1.77. The van der Waals surface area contributed by atoms with Gasteiger partial charge in [0, 0.05) is 10.7 Å². The Hall–Kier alpha value is -0.860. The molecule has 80 valence electrons. The normalized spacial score (nSPS) is 13.2. The zero-order valence-electron chi connectivity index (χ0n) is 9.07. The van der Waals surface area contributed by atoms with Gasteiger partial charge >= 0.3 is 0 Å². The van der Waals surface area contributed by atoms with Gasteiger partial charge < -0.3 is 5.73 Å². The van der Waals surface area contributed by atoms with Crippen molar-refractivity contribution in [2.75, 3.05) is 0 Å². The van der Waals surface area contributed by atoms with Crippen LogP contribution in [-0.2, 0) is 6.42 Å². The summed E-state index contributed by atoms with van der Waals surface area (Å²) in [6.45, 7) is 2.15. The molecule has 1 atom stereocenters. The zero-order valence-corrected chi connectivity index (χ0v) is 9.89. The lowest BCUT2D eigenvalue weighted by Gasteiger charge is -2.07. The van der Waals surface area contributed by atoms with Crippen LogP contribution >= 0.6 is 11.3 Å². The number of nitrogens with two attached hydrogens (primary N) is 1. The van der Waals surface area contributed by atoms with E-state index in [1.54, 1.807) is 0 Å². The highest BCUT2D eigenvalue weighted by molar-refractivity contribution is 7.17. The molecular weight excluding hydrogens is 202 g/mol. The van der Waals surface area contributed by atoms with Crippen molar-refractivity contribution in [3.8, 4) is 0 Å². The maximum absolute atomic E-state index is 5.94. The summed E-state index contributed by atoms with van der Waals surface area (Å²) in [5.41, 5.74) is 7.39. The Kier molecular flexibility index (Phi) is 3.39. The van der Waals surface area contributed by atoms with Crippen molar-refractivity contribution in [2.45, 2.75) is 32.2 Å². The lowest BCUT2D eigenvalue weighted by molar-refractivity contribution is 0.597. The molecule has 0 spiro atoms. The minimum atomic E-state index is 0.351. The number of benzene rings is 1.